The smallest absolute Gasteiger partial charge is 0.155 e. The second-order valence-electron chi connectivity index (χ2n) is 4.07. The van der Waals surface area contributed by atoms with Crippen LogP contribution in [-0.2, 0) is 13.5 Å². The zero-order valence-corrected chi connectivity index (χ0v) is 10.7. The van der Waals surface area contributed by atoms with Crippen molar-refractivity contribution >= 4 is 11.6 Å². The number of aliphatic hydroxyl groups excluding tert-OH is 1. The van der Waals surface area contributed by atoms with E-state index in [9.17, 15) is 0 Å². The van der Waals surface area contributed by atoms with Crippen LogP contribution < -0.4 is 0 Å². The predicted octanol–water partition coefficient (Wildman–Crippen LogP) is 2.58. The fraction of sp³-hybridized carbons (Fsp3) is 0.308. The summed E-state index contributed by atoms with van der Waals surface area (Å²) in [6.45, 7) is 2.13. The molecule has 2 rings (SSSR count). The molecule has 1 aromatic carbocycles. The number of imidazole rings is 1. The molecular formula is C13H15ClN2O. The maximum absolute atomic E-state index is 8.95. The number of rotatable bonds is 3. The van der Waals surface area contributed by atoms with Gasteiger partial charge in [-0.1, -0.05) is 41.4 Å². The van der Waals surface area contributed by atoms with Crippen LogP contribution in [0.1, 0.15) is 11.4 Å². The first kappa shape index (κ1) is 12.1. The number of hydrogen-bond donors (Lipinski definition) is 1. The van der Waals surface area contributed by atoms with Crippen molar-refractivity contribution in [3.8, 4) is 11.3 Å². The first-order valence-electron chi connectivity index (χ1n) is 5.52. The molecule has 1 aromatic heterocycles. The fourth-order valence-electron chi connectivity index (χ4n) is 1.86. The summed E-state index contributed by atoms with van der Waals surface area (Å²) >= 11 is 6.15. The van der Waals surface area contributed by atoms with Gasteiger partial charge in [-0.2, -0.15) is 0 Å². The van der Waals surface area contributed by atoms with Crippen molar-refractivity contribution in [1.82, 2.24) is 9.55 Å². The lowest BCUT2D eigenvalue weighted by Gasteiger charge is -2.06. The number of nitrogens with zero attached hydrogens (tertiary/aromatic N) is 2. The molecule has 0 unspecified atom stereocenters. The molecule has 0 radical (unpaired) electrons. The number of halogens is 1. The monoisotopic (exact) mass is 250 g/mol. The van der Waals surface area contributed by atoms with Crippen LogP contribution in [0.5, 0.6) is 0 Å². The molecule has 0 spiro atoms. The van der Waals surface area contributed by atoms with Crippen LogP contribution in [0, 0.1) is 6.92 Å². The molecule has 0 saturated carbocycles. The third-order valence-corrected chi connectivity index (χ3v) is 3.07. The highest BCUT2D eigenvalue weighted by molar-refractivity contribution is 6.32. The molecule has 17 heavy (non-hydrogen) atoms. The molecule has 0 aliphatic heterocycles. The Morgan fingerprint density at radius 1 is 1.29 bits per heavy atom. The van der Waals surface area contributed by atoms with Gasteiger partial charge in [0.15, 0.2) is 5.15 Å². The number of aryl methyl sites for hydroxylation is 1. The fourth-order valence-corrected chi connectivity index (χ4v) is 2.19. The van der Waals surface area contributed by atoms with Crippen LogP contribution in [-0.4, -0.2) is 21.3 Å². The van der Waals surface area contributed by atoms with E-state index in [1.54, 1.807) is 0 Å². The highest BCUT2D eigenvalue weighted by Gasteiger charge is 2.14. The van der Waals surface area contributed by atoms with E-state index < -0.39 is 0 Å². The van der Waals surface area contributed by atoms with E-state index in [0.717, 1.165) is 17.1 Å². The summed E-state index contributed by atoms with van der Waals surface area (Å²) in [4.78, 5) is 4.27. The molecule has 0 aliphatic carbocycles. The van der Waals surface area contributed by atoms with Crippen molar-refractivity contribution in [1.29, 1.82) is 0 Å². The third kappa shape index (κ3) is 2.35. The van der Waals surface area contributed by atoms with E-state index in [4.69, 9.17) is 16.7 Å². The van der Waals surface area contributed by atoms with Crippen molar-refractivity contribution in [3.63, 3.8) is 0 Å². The molecule has 0 fully saturated rings. The lowest BCUT2D eigenvalue weighted by Crippen LogP contribution is -2.02. The number of aromatic nitrogens is 2. The van der Waals surface area contributed by atoms with Gasteiger partial charge in [0.1, 0.15) is 5.82 Å². The maximum atomic E-state index is 8.95. The molecule has 0 atom stereocenters. The average Bonchev–Trinajstić information content (AvgIpc) is 2.57. The average molecular weight is 251 g/mol. The van der Waals surface area contributed by atoms with Crippen molar-refractivity contribution in [2.24, 2.45) is 7.05 Å². The summed E-state index contributed by atoms with van der Waals surface area (Å²) < 4.78 is 1.93. The van der Waals surface area contributed by atoms with Crippen molar-refractivity contribution in [2.45, 2.75) is 13.3 Å². The Morgan fingerprint density at radius 2 is 1.94 bits per heavy atom. The number of hydrogen-bond acceptors (Lipinski definition) is 2. The maximum Gasteiger partial charge on any atom is 0.155 e. The normalized spacial score (nSPS) is 10.8. The van der Waals surface area contributed by atoms with Gasteiger partial charge in [-0.05, 0) is 6.92 Å². The molecule has 0 amide bonds. The highest BCUT2D eigenvalue weighted by Crippen LogP contribution is 2.28. The van der Waals surface area contributed by atoms with Crippen LogP contribution in [0.2, 0.25) is 5.15 Å². The molecule has 0 aliphatic rings. The molecule has 1 heterocycles. The van der Waals surface area contributed by atoms with Crippen LogP contribution in [0.3, 0.4) is 0 Å². The topological polar surface area (TPSA) is 38.1 Å². The summed E-state index contributed by atoms with van der Waals surface area (Å²) in [7, 11) is 1.92. The summed E-state index contributed by atoms with van der Waals surface area (Å²) in [5.74, 6) is 0.799. The second-order valence-corrected chi connectivity index (χ2v) is 4.42. The van der Waals surface area contributed by atoms with Crippen LogP contribution in [0.4, 0.5) is 0 Å². The molecule has 2 aromatic rings. The zero-order chi connectivity index (χ0) is 12.4. The minimum Gasteiger partial charge on any atom is -0.396 e. The lowest BCUT2D eigenvalue weighted by atomic mass is 10.1. The van der Waals surface area contributed by atoms with Gasteiger partial charge in [0.2, 0.25) is 0 Å². The van der Waals surface area contributed by atoms with Gasteiger partial charge in [0.25, 0.3) is 0 Å². The predicted molar refractivity (Wildman–Crippen MR) is 69.2 cm³/mol. The van der Waals surface area contributed by atoms with E-state index >= 15 is 0 Å². The van der Waals surface area contributed by atoms with Crippen LogP contribution >= 0.6 is 11.6 Å². The molecule has 4 heteroatoms. The Balaban J connectivity index is 2.48. The van der Waals surface area contributed by atoms with Crippen molar-refractivity contribution < 1.29 is 5.11 Å². The summed E-state index contributed by atoms with van der Waals surface area (Å²) in [6, 6.07) is 8.15. The van der Waals surface area contributed by atoms with Crippen LogP contribution in [0.15, 0.2) is 24.3 Å². The van der Waals surface area contributed by atoms with E-state index in [-0.39, 0.29) is 6.61 Å². The van der Waals surface area contributed by atoms with Gasteiger partial charge >= 0.3 is 0 Å². The Morgan fingerprint density at radius 3 is 2.53 bits per heavy atom. The van der Waals surface area contributed by atoms with Crippen molar-refractivity contribution in [3.05, 3.63) is 40.8 Å². The van der Waals surface area contributed by atoms with Gasteiger partial charge in [0, 0.05) is 19.0 Å². The Bertz CT molecular complexity index is 517. The van der Waals surface area contributed by atoms with E-state index in [2.05, 4.69) is 4.98 Å². The second kappa shape index (κ2) is 4.90. The zero-order valence-electron chi connectivity index (χ0n) is 9.94. The van der Waals surface area contributed by atoms with Gasteiger partial charge in [0.05, 0.1) is 12.3 Å². The molecule has 3 nitrogen and oxygen atoms in total. The summed E-state index contributed by atoms with van der Waals surface area (Å²) in [5.41, 5.74) is 3.15. The standard InChI is InChI=1S/C13H15ClN2O/c1-9-3-5-10(6-4-9)12-13(14)15-11(7-8-17)16(12)2/h3-6,17H,7-8H2,1-2H3. The van der Waals surface area contributed by atoms with E-state index in [1.807, 2.05) is 42.8 Å². The summed E-state index contributed by atoms with van der Waals surface area (Å²) in [5, 5.41) is 9.44. The Kier molecular flexibility index (Phi) is 3.50. The quantitative estimate of drug-likeness (QED) is 0.909. The van der Waals surface area contributed by atoms with E-state index in [0.29, 0.717) is 11.6 Å². The molecule has 90 valence electrons. The van der Waals surface area contributed by atoms with Gasteiger partial charge < -0.3 is 9.67 Å². The Hall–Kier alpha value is -1.32. The SMILES string of the molecule is Cc1ccc(-c2c(Cl)nc(CCO)n2C)cc1. The minimum absolute atomic E-state index is 0.0779. The van der Waals surface area contributed by atoms with E-state index in [1.165, 1.54) is 5.56 Å². The van der Waals surface area contributed by atoms with Crippen molar-refractivity contribution in [2.75, 3.05) is 6.61 Å². The Labute approximate surface area is 106 Å². The molecule has 0 bridgehead atoms. The van der Waals surface area contributed by atoms with Gasteiger partial charge in [-0.25, -0.2) is 4.98 Å². The molecular weight excluding hydrogens is 236 g/mol. The first-order valence-corrected chi connectivity index (χ1v) is 5.90. The number of benzene rings is 1. The van der Waals surface area contributed by atoms with Gasteiger partial charge in [-0.15, -0.1) is 0 Å². The molecule has 1 N–H and O–H groups in total. The number of aliphatic hydroxyl groups is 1. The minimum atomic E-state index is 0.0779. The molecule has 0 saturated heterocycles. The van der Waals surface area contributed by atoms with Gasteiger partial charge in [-0.3, -0.25) is 0 Å². The highest BCUT2D eigenvalue weighted by atomic mass is 35.5. The largest absolute Gasteiger partial charge is 0.396 e. The summed E-state index contributed by atoms with van der Waals surface area (Å²) in [6.07, 6.45) is 0.516. The first-order chi connectivity index (χ1) is 8.13. The van der Waals surface area contributed by atoms with Crippen LogP contribution in [0.25, 0.3) is 11.3 Å². The lowest BCUT2D eigenvalue weighted by molar-refractivity contribution is 0.295. The third-order valence-electron chi connectivity index (χ3n) is 2.81.